The number of carboxylic acid groups (broad SMARTS) is 1. The molecule has 1 amide bonds. The lowest BCUT2D eigenvalue weighted by molar-refractivity contribution is -0.141. The van der Waals surface area contributed by atoms with Crippen molar-refractivity contribution in [2.24, 2.45) is 0 Å². The van der Waals surface area contributed by atoms with Crippen LogP contribution in [0.2, 0.25) is 0 Å². The zero-order chi connectivity index (χ0) is 17.5. The van der Waals surface area contributed by atoms with Gasteiger partial charge in [0.1, 0.15) is 23.3 Å². The molecule has 1 atom stereocenters. The molecule has 0 aliphatic heterocycles. The first-order valence-corrected chi connectivity index (χ1v) is 7.43. The van der Waals surface area contributed by atoms with E-state index in [2.05, 4.69) is 5.32 Å². The maximum atomic E-state index is 11.5. The van der Waals surface area contributed by atoms with Gasteiger partial charge in [-0.2, -0.15) is 0 Å². The fourth-order valence-corrected chi connectivity index (χ4v) is 1.84. The molecule has 0 unspecified atom stereocenters. The van der Waals surface area contributed by atoms with Crippen LogP contribution in [-0.4, -0.2) is 29.6 Å². The molecule has 2 N–H and O–H groups in total. The molecule has 2 rings (SSSR count). The molecule has 0 aliphatic rings. The van der Waals surface area contributed by atoms with E-state index in [1.165, 1.54) is 6.92 Å². The highest BCUT2D eigenvalue weighted by Crippen LogP contribution is 2.24. The SMILES string of the molecule is Cc1ccc(Oc2ccc(OCC(=O)N[C@H](C)C(=O)O)cc2)cc1. The van der Waals surface area contributed by atoms with Gasteiger partial charge in [0.25, 0.3) is 5.91 Å². The van der Waals surface area contributed by atoms with E-state index in [-0.39, 0.29) is 6.61 Å². The smallest absolute Gasteiger partial charge is 0.325 e. The molecule has 0 spiro atoms. The summed E-state index contributed by atoms with van der Waals surface area (Å²) in [5.41, 5.74) is 1.15. The third-order valence-corrected chi connectivity index (χ3v) is 3.20. The molecule has 24 heavy (non-hydrogen) atoms. The Hall–Kier alpha value is -3.02. The molecular formula is C18H19NO5. The Morgan fingerprint density at radius 1 is 1.00 bits per heavy atom. The van der Waals surface area contributed by atoms with Crippen LogP contribution in [0.3, 0.4) is 0 Å². The summed E-state index contributed by atoms with van der Waals surface area (Å²) in [6, 6.07) is 13.6. The maximum absolute atomic E-state index is 11.5. The molecule has 2 aromatic carbocycles. The van der Waals surface area contributed by atoms with E-state index in [4.69, 9.17) is 14.6 Å². The Bertz CT molecular complexity index is 694. The molecular weight excluding hydrogens is 310 g/mol. The molecule has 6 heteroatoms. The standard InChI is InChI=1S/C18H19NO5/c1-12-3-5-15(6-4-12)24-16-9-7-14(8-10-16)23-11-17(20)19-13(2)18(21)22/h3-10,13H,11H2,1-2H3,(H,19,20)(H,21,22)/t13-/m1/s1. The van der Waals surface area contributed by atoms with Crippen molar-refractivity contribution in [3.05, 3.63) is 54.1 Å². The third-order valence-electron chi connectivity index (χ3n) is 3.20. The van der Waals surface area contributed by atoms with Crippen LogP contribution in [0.5, 0.6) is 17.2 Å². The number of hydrogen-bond donors (Lipinski definition) is 2. The van der Waals surface area contributed by atoms with Crippen LogP contribution in [0.4, 0.5) is 0 Å². The lowest BCUT2D eigenvalue weighted by Crippen LogP contribution is -2.40. The summed E-state index contributed by atoms with van der Waals surface area (Å²) < 4.78 is 11.0. The van der Waals surface area contributed by atoms with Crippen molar-refractivity contribution in [1.29, 1.82) is 0 Å². The van der Waals surface area contributed by atoms with Gasteiger partial charge in [0, 0.05) is 0 Å². The van der Waals surface area contributed by atoms with Crippen LogP contribution in [0, 0.1) is 6.92 Å². The van der Waals surface area contributed by atoms with Gasteiger partial charge >= 0.3 is 5.97 Å². The fraction of sp³-hybridized carbons (Fsp3) is 0.222. The van der Waals surface area contributed by atoms with Crippen molar-refractivity contribution in [1.82, 2.24) is 5.32 Å². The van der Waals surface area contributed by atoms with Crippen LogP contribution < -0.4 is 14.8 Å². The van der Waals surface area contributed by atoms with Gasteiger partial charge in [-0.3, -0.25) is 9.59 Å². The molecule has 0 heterocycles. The van der Waals surface area contributed by atoms with E-state index in [9.17, 15) is 9.59 Å². The van der Waals surface area contributed by atoms with Crippen LogP contribution in [0.1, 0.15) is 12.5 Å². The van der Waals surface area contributed by atoms with Crippen LogP contribution in [-0.2, 0) is 9.59 Å². The summed E-state index contributed by atoms with van der Waals surface area (Å²) in [7, 11) is 0. The number of carbonyl (C=O) groups excluding carboxylic acids is 1. The summed E-state index contributed by atoms with van der Waals surface area (Å²) >= 11 is 0. The lowest BCUT2D eigenvalue weighted by atomic mass is 10.2. The zero-order valence-corrected chi connectivity index (χ0v) is 13.5. The molecule has 0 radical (unpaired) electrons. The van der Waals surface area contributed by atoms with Crippen molar-refractivity contribution in [3.8, 4) is 17.2 Å². The van der Waals surface area contributed by atoms with E-state index < -0.39 is 17.9 Å². The number of benzene rings is 2. The van der Waals surface area contributed by atoms with Gasteiger partial charge in [0.2, 0.25) is 0 Å². The summed E-state index contributed by atoms with van der Waals surface area (Å²) in [5.74, 6) is 0.279. The Kier molecular flexibility index (Phi) is 5.78. The van der Waals surface area contributed by atoms with E-state index in [1.807, 2.05) is 31.2 Å². The predicted molar refractivity (Wildman–Crippen MR) is 88.4 cm³/mol. The minimum Gasteiger partial charge on any atom is -0.484 e. The average molecular weight is 329 g/mol. The van der Waals surface area contributed by atoms with Gasteiger partial charge in [-0.15, -0.1) is 0 Å². The normalized spacial score (nSPS) is 11.4. The number of carbonyl (C=O) groups is 2. The van der Waals surface area contributed by atoms with Gasteiger partial charge in [-0.1, -0.05) is 17.7 Å². The summed E-state index contributed by atoms with van der Waals surface area (Å²) in [6.45, 7) is 3.14. The first-order valence-electron chi connectivity index (χ1n) is 7.43. The second-order valence-electron chi connectivity index (χ2n) is 5.30. The quantitative estimate of drug-likeness (QED) is 0.816. The van der Waals surface area contributed by atoms with E-state index >= 15 is 0 Å². The highest BCUT2D eigenvalue weighted by Gasteiger charge is 2.14. The van der Waals surface area contributed by atoms with Gasteiger partial charge in [0.05, 0.1) is 0 Å². The van der Waals surface area contributed by atoms with Gasteiger partial charge in [-0.25, -0.2) is 0 Å². The average Bonchev–Trinajstić information content (AvgIpc) is 2.56. The summed E-state index contributed by atoms with van der Waals surface area (Å²) in [4.78, 5) is 22.2. The number of ether oxygens (including phenoxy) is 2. The van der Waals surface area contributed by atoms with Crippen LogP contribution in [0.25, 0.3) is 0 Å². The minimum absolute atomic E-state index is 0.254. The highest BCUT2D eigenvalue weighted by atomic mass is 16.5. The highest BCUT2D eigenvalue weighted by molar-refractivity contribution is 5.84. The maximum Gasteiger partial charge on any atom is 0.325 e. The predicted octanol–water partition coefficient (Wildman–Crippen LogP) is 2.76. The van der Waals surface area contributed by atoms with Crippen LogP contribution >= 0.6 is 0 Å². The van der Waals surface area contributed by atoms with Crippen molar-refractivity contribution in [2.45, 2.75) is 19.9 Å². The summed E-state index contributed by atoms with van der Waals surface area (Å²) in [6.07, 6.45) is 0. The fourth-order valence-electron chi connectivity index (χ4n) is 1.84. The number of hydrogen-bond acceptors (Lipinski definition) is 4. The van der Waals surface area contributed by atoms with Crippen molar-refractivity contribution in [3.63, 3.8) is 0 Å². The molecule has 0 saturated carbocycles. The second kappa shape index (κ2) is 8.01. The van der Waals surface area contributed by atoms with Crippen molar-refractivity contribution >= 4 is 11.9 Å². The number of aliphatic carboxylic acids is 1. The second-order valence-corrected chi connectivity index (χ2v) is 5.30. The van der Waals surface area contributed by atoms with Gasteiger partial charge in [0.15, 0.2) is 6.61 Å². The van der Waals surface area contributed by atoms with Gasteiger partial charge in [-0.05, 0) is 50.2 Å². The largest absolute Gasteiger partial charge is 0.484 e. The van der Waals surface area contributed by atoms with Crippen LogP contribution in [0.15, 0.2) is 48.5 Å². The zero-order valence-electron chi connectivity index (χ0n) is 13.5. The van der Waals surface area contributed by atoms with Crippen molar-refractivity contribution < 1.29 is 24.2 Å². The van der Waals surface area contributed by atoms with Crippen molar-refractivity contribution in [2.75, 3.05) is 6.61 Å². The molecule has 0 fully saturated rings. The first-order chi connectivity index (χ1) is 11.4. The molecule has 126 valence electrons. The molecule has 0 aromatic heterocycles. The number of nitrogens with one attached hydrogen (secondary N) is 1. The number of rotatable bonds is 7. The monoisotopic (exact) mass is 329 g/mol. The number of amides is 1. The number of carboxylic acids is 1. The molecule has 2 aromatic rings. The lowest BCUT2D eigenvalue weighted by Gasteiger charge is -2.11. The molecule has 0 saturated heterocycles. The molecule has 6 nitrogen and oxygen atoms in total. The van der Waals surface area contributed by atoms with Gasteiger partial charge < -0.3 is 19.9 Å². The Morgan fingerprint density at radius 3 is 2.04 bits per heavy atom. The van der Waals surface area contributed by atoms with E-state index in [0.29, 0.717) is 11.5 Å². The Labute approximate surface area is 140 Å². The number of aryl methyl sites for hydroxylation is 1. The molecule has 0 aliphatic carbocycles. The topological polar surface area (TPSA) is 84.9 Å². The Morgan fingerprint density at radius 2 is 1.50 bits per heavy atom. The first kappa shape index (κ1) is 17.3. The van der Waals surface area contributed by atoms with E-state index in [0.717, 1.165) is 11.3 Å². The Balaban J connectivity index is 1.84. The molecule has 0 bridgehead atoms. The minimum atomic E-state index is -1.10. The third kappa shape index (κ3) is 5.31. The summed E-state index contributed by atoms with van der Waals surface area (Å²) in [5, 5.41) is 11.0. The van der Waals surface area contributed by atoms with E-state index in [1.54, 1.807) is 24.3 Å².